The first-order valence-corrected chi connectivity index (χ1v) is 4.97. The van der Waals surface area contributed by atoms with Crippen molar-refractivity contribution in [2.24, 2.45) is 5.73 Å². The van der Waals surface area contributed by atoms with Gasteiger partial charge in [-0.2, -0.15) is 0 Å². The number of urea groups is 1. The second-order valence-electron chi connectivity index (χ2n) is 3.79. The number of ether oxygens (including phenoxy) is 1. The molecule has 2 rings (SSSR count). The first-order valence-electron chi connectivity index (χ1n) is 4.97. The lowest BCUT2D eigenvalue weighted by Gasteiger charge is -2.27. The van der Waals surface area contributed by atoms with Crippen LogP contribution in [0, 0.1) is 0 Å². The van der Waals surface area contributed by atoms with Crippen molar-refractivity contribution in [3.63, 3.8) is 0 Å². The van der Waals surface area contributed by atoms with E-state index in [1.54, 1.807) is 4.90 Å². The third-order valence-corrected chi connectivity index (χ3v) is 2.98. The van der Waals surface area contributed by atoms with Crippen LogP contribution in [0.25, 0.3) is 0 Å². The smallest absolute Gasteiger partial charge is 0.315 e. The van der Waals surface area contributed by atoms with Crippen LogP contribution in [0.1, 0.15) is 25.7 Å². The normalized spacial score (nSPS) is 34.0. The number of amides is 2. The monoisotopic (exact) mass is 184 g/mol. The highest BCUT2D eigenvalue weighted by Crippen LogP contribution is 2.27. The summed E-state index contributed by atoms with van der Waals surface area (Å²) in [7, 11) is 0. The van der Waals surface area contributed by atoms with Crippen molar-refractivity contribution in [1.29, 1.82) is 0 Å². The minimum Gasteiger partial charge on any atom is -0.376 e. The Balaban J connectivity index is 2.00. The summed E-state index contributed by atoms with van der Waals surface area (Å²) in [6, 6.07) is -0.0435. The molecule has 2 fully saturated rings. The Hall–Kier alpha value is -0.770. The van der Waals surface area contributed by atoms with Crippen LogP contribution in [-0.4, -0.2) is 36.2 Å². The van der Waals surface area contributed by atoms with Gasteiger partial charge in [0.05, 0.1) is 12.1 Å². The number of rotatable bonds is 1. The van der Waals surface area contributed by atoms with Crippen LogP contribution >= 0.6 is 0 Å². The van der Waals surface area contributed by atoms with Gasteiger partial charge in [-0.3, -0.25) is 0 Å². The summed E-state index contributed by atoms with van der Waals surface area (Å²) in [5.74, 6) is 0. The SMILES string of the molecule is NC(=O)N1CCCC1C1CCCO1. The van der Waals surface area contributed by atoms with E-state index in [1.165, 1.54) is 0 Å². The summed E-state index contributed by atoms with van der Waals surface area (Å²) in [4.78, 5) is 12.8. The van der Waals surface area contributed by atoms with Crippen molar-refractivity contribution in [2.45, 2.75) is 37.8 Å². The van der Waals surface area contributed by atoms with Crippen molar-refractivity contribution in [3.8, 4) is 0 Å². The summed E-state index contributed by atoms with van der Waals surface area (Å²) >= 11 is 0. The highest BCUT2D eigenvalue weighted by Gasteiger charge is 2.35. The molecule has 2 unspecified atom stereocenters. The van der Waals surface area contributed by atoms with Crippen molar-refractivity contribution >= 4 is 6.03 Å². The number of nitrogens with zero attached hydrogens (tertiary/aromatic N) is 1. The van der Waals surface area contributed by atoms with Gasteiger partial charge in [0.25, 0.3) is 0 Å². The van der Waals surface area contributed by atoms with Gasteiger partial charge in [-0.25, -0.2) is 4.79 Å². The first-order chi connectivity index (χ1) is 6.29. The molecule has 0 spiro atoms. The van der Waals surface area contributed by atoms with Crippen LogP contribution in [0.4, 0.5) is 4.79 Å². The third kappa shape index (κ3) is 1.63. The zero-order valence-electron chi connectivity index (χ0n) is 7.74. The molecule has 0 aromatic rings. The van der Waals surface area contributed by atoms with Crippen molar-refractivity contribution in [2.75, 3.05) is 13.2 Å². The molecule has 0 radical (unpaired) electrons. The highest BCUT2D eigenvalue weighted by molar-refractivity contribution is 5.72. The number of carbonyl (C=O) groups is 1. The van der Waals surface area contributed by atoms with Crippen LogP contribution in [-0.2, 0) is 4.74 Å². The number of hydrogen-bond donors (Lipinski definition) is 1. The Labute approximate surface area is 78.0 Å². The van der Waals surface area contributed by atoms with Crippen LogP contribution in [0.2, 0.25) is 0 Å². The van der Waals surface area contributed by atoms with E-state index in [-0.39, 0.29) is 18.2 Å². The number of likely N-dealkylation sites (tertiary alicyclic amines) is 1. The van der Waals surface area contributed by atoms with E-state index < -0.39 is 0 Å². The molecule has 2 amide bonds. The van der Waals surface area contributed by atoms with E-state index in [0.717, 1.165) is 38.8 Å². The standard InChI is InChI=1S/C9H16N2O2/c10-9(12)11-5-1-3-7(11)8-4-2-6-13-8/h7-8H,1-6H2,(H2,10,12). The van der Waals surface area contributed by atoms with E-state index in [2.05, 4.69) is 0 Å². The van der Waals surface area contributed by atoms with Crippen molar-refractivity contribution < 1.29 is 9.53 Å². The molecule has 2 saturated heterocycles. The molecule has 2 N–H and O–H groups in total. The van der Waals surface area contributed by atoms with Gasteiger partial charge >= 0.3 is 6.03 Å². The molecule has 4 nitrogen and oxygen atoms in total. The van der Waals surface area contributed by atoms with Crippen molar-refractivity contribution in [1.82, 2.24) is 4.90 Å². The molecule has 2 atom stereocenters. The summed E-state index contributed by atoms with van der Waals surface area (Å²) in [6.07, 6.45) is 4.55. The molecule has 0 aliphatic carbocycles. The lowest BCUT2D eigenvalue weighted by atomic mass is 10.1. The van der Waals surface area contributed by atoms with Gasteiger partial charge in [-0.05, 0) is 25.7 Å². The van der Waals surface area contributed by atoms with Crippen LogP contribution in [0.3, 0.4) is 0 Å². The summed E-state index contributed by atoms with van der Waals surface area (Å²) in [5.41, 5.74) is 5.29. The maximum atomic E-state index is 11.1. The molecule has 2 aliphatic rings. The fourth-order valence-electron chi connectivity index (χ4n) is 2.36. The van der Waals surface area contributed by atoms with Gasteiger partial charge in [-0.1, -0.05) is 0 Å². The average Bonchev–Trinajstić information content (AvgIpc) is 2.74. The second-order valence-corrected chi connectivity index (χ2v) is 3.79. The van der Waals surface area contributed by atoms with Gasteiger partial charge in [0.2, 0.25) is 0 Å². The zero-order valence-corrected chi connectivity index (χ0v) is 7.74. The molecule has 2 aliphatic heterocycles. The number of primary amides is 1. The summed E-state index contributed by atoms with van der Waals surface area (Å²) < 4.78 is 5.57. The van der Waals surface area contributed by atoms with Crippen LogP contribution in [0.5, 0.6) is 0 Å². The summed E-state index contributed by atoms with van der Waals surface area (Å²) in [6.45, 7) is 1.65. The van der Waals surface area contributed by atoms with Crippen LogP contribution in [0.15, 0.2) is 0 Å². The lowest BCUT2D eigenvalue weighted by Crippen LogP contribution is -2.45. The van der Waals surface area contributed by atoms with E-state index in [4.69, 9.17) is 10.5 Å². The molecular weight excluding hydrogens is 168 g/mol. The quantitative estimate of drug-likeness (QED) is 0.652. The van der Waals surface area contributed by atoms with E-state index in [0.29, 0.717) is 0 Å². The van der Waals surface area contributed by atoms with E-state index in [1.807, 2.05) is 0 Å². The molecule has 13 heavy (non-hydrogen) atoms. The van der Waals surface area contributed by atoms with E-state index in [9.17, 15) is 4.79 Å². The topological polar surface area (TPSA) is 55.6 Å². The maximum absolute atomic E-state index is 11.1. The molecule has 0 aromatic carbocycles. The second kappa shape index (κ2) is 3.54. The van der Waals surface area contributed by atoms with Gasteiger partial charge in [0.15, 0.2) is 0 Å². The first kappa shape index (κ1) is 8.81. The fourth-order valence-corrected chi connectivity index (χ4v) is 2.36. The molecule has 0 aromatic heterocycles. The highest BCUT2D eigenvalue weighted by atomic mass is 16.5. The van der Waals surface area contributed by atoms with Crippen molar-refractivity contribution in [3.05, 3.63) is 0 Å². The molecule has 0 saturated carbocycles. The molecular formula is C9H16N2O2. The molecule has 74 valence electrons. The van der Waals surface area contributed by atoms with Gasteiger partial charge in [0.1, 0.15) is 0 Å². The molecule has 4 heteroatoms. The number of hydrogen-bond acceptors (Lipinski definition) is 2. The van der Waals surface area contributed by atoms with Gasteiger partial charge < -0.3 is 15.4 Å². The van der Waals surface area contributed by atoms with Gasteiger partial charge in [-0.15, -0.1) is 0 Å². The molecule has 0 bridgehead atoms. The number of nitrogens with two attached hydrogens (primary N) is 1. The predicted octanol–water partition coefficient (Wildman–Crippen LogP) is 0.708. The zero-order chi connectivity index (χ0) is 9.26. The minimum atomic E-state index is -0.294. The Bertz CT molecular complexity index is 202. The average molecular weight is 184 g/mol. The Kier molecular flexibility index (Phi) is 2.40. The largest absolute Gasteiger partial charge is 0.376 e. The predicted molar refractivity (Wildman–Crippen MR) is 48.3 cm³/mol. The lowest BCUT2D eigenvalue weighted by molar-refractivity contribution is 0.0536. The minimum absolute atomic E-state index is 0.245. The Morgan fingerprint density at radius 2 is 2.23 bits per heavy atom. The summed E-state index contributed by atoms with van der Waals surface area (Å²) in [5, 5.41) is 0. The fraction of sp³-hybridized carbons (Fsp3) is 0.889. The maximum Gasteiger partial charge on any atom is 0.315 e. The van der Waals surface area contributed by atoms with Crippen LogP contribution < -0.4 is 5.73 Å². The molecule has 2 heterocycles. The Morgan fingerprint density at radius 3 is 2.85 bits per heavy atom. The third-order valence-electron chi connectivity index (χ3n) is 2.98. The Morgan fingerprint density at radius 1 is 1.38 bits per heavy atom. The van der Waals surface area contributed by atoms with Gasteiger partial charge in [0, 0.05) is 13.2 Å². The number of carbonyl (C=O) groups excluding carboxylic acids is 1. The van der Waals surface area contributed by atoms with E-state index >= 15 is 0 Å².